The first-order chi connectivity index (χ1) is 10.1. The SMILES string of the molecule is Cc1ccc(Oc2ccc(-c3ccsc3)cc2O)c(O)c1. The van der Waals surface area contributed by atoms with Crippen LogP contribution in [0, 0.1) is 6.92 Å². The van der Waals surface area contributed by atoms with Gasteiger partial charge in [0.25, 0.3) is 0 Å². The molecule has 0 unspecified atom stereocenters. The third kappa shape index (κ3) is 2.85. The fourth-order valence-corrected chi connectivity index (χ4v) is 2.71. The highest BCUT2D eigenvalue weighted by Crippen LogP contribution is 2.38. The first kappa shape index (κ1) is 13.5. The van der Waals surface area contributed by atoms with E-state index in [9.17, 15) is 10.2 Å². The minimum absolute atomic E-state index is 0.0404. The Hall–Kier alpha value is -2.46. The molecule has 3 rings (SSSR count). The summed E-state index contributed by atoms with van der Waals surface area (Å²) in [5, 5.41) is 23.9. The molecular formula is C17H14O3S. The summed E-state index contributed by atoms with van der Waals surface area (Å²) < 4.78 is 5.57. The number of aromatic hydroxyl groups is 2. The normalized spacial score (nSPS) is 10.5. The molecule has 1 aromatic heterocycles. The van der Waals surface area contributed by atoms with Crippen LogP contribution in [0.15, 0.2) is 53.2 Å². The van der Waals surface area contributed by atoms with Crippen molar-refractivity contribution in [2.45, 2.75) is 6.92 Å². The highest BCUT2D eigenvalue weighted by Gasteiger charge is 2.09. The van der Waals surface area contributed by atoms with E-state index in [0.29, 0.717) is 11.5 Å². The molecule has 1 heterocycles. The Labute approximate surface area is 126 Å². The molecule has 2 aromatic carbocycles. The molecule has 0 amide bonds. The number of ether oxygens (including phenoxy) is 1. The smallest absolute Gasteiger partial charge is 0.169 e. The van der Waals surface area contributed by atoms with E-state index in [2.05, 4.69) is 0 Å². The van der Waals surface area contributed by atoms with Crippen molar-refractivity contribution < 1.29 is 14.9 Å². The Morgan fingerprint density at radius 1 is 0.857 bits per heavy atom. The molecular weight excluding hydrogens is 284 g/mol. The Morgan fingerprint density at radius 3 is 2.19 bits per heavy atom. The number of aryl methyl sites for hydroxylation is 1. The van der Waals surface area contributed by atoms with E-state index < -0.39 is 0 Å². The van der Waals surface area contributed by atoms with Gasteiger partial charge < -0.3 is 14.9 Å². The van der Waals surface area contributed by atoms with Gasteiger partial charge in [-0.05, 0) is 64.7 Å². The summed E-state index contributed by atoms with van der Waals surface area (Å²) in [7, 11) is 0. The molecule has 0 radical (unpaired) electrons. The molecule has 2 N–H and O–H groups in total. The van der Waals surface area contributed by atoms with Crippen molar-refractivity contribution >= 4 is 11.3 Å². The van der Waals surface area contributed by atoms with Crippen LogP contribution in [0.2, 0.25) is 0 Å². The van der Waals surface area contributed by atoms with E-state index in [-0.39, 0.29) is 11.5 Å². The largest absolute Gasteiger partial charge is 0.504 e. The summed E-state index contributed by atoms with van der Waals surface area (Å²) in [6, 6.07) is 12.4. The standard InChI is InChI=1S/C17H14O3S/c1-11-2-4-16(14(18)8-11)20-17-5-3-12(9-15(17)19)13-6-7-21-10-13/h2-10,18-19H,1H3. The summed E-state index contributed by atoms with van der Waals surface area (Å²) in [4.78, 5) is 0. The predicted octanol–water partition coefficient (Wildman–Crippen LogP) is 4.93. The Bertz CT molecular complexity index is 764. The molecule has 0 saturated heterocycles. The average molecular weight is 298 g/mol. The number of phenolic OH excluding ortho intramolecular Hbond substituents is 2. The molecule has 0 fully saturated rings. The van der Waals surface area contributed by atoms with Crippen molar-refractivity contribution in [2.24, 2.45) is 0 Å². The topological polar surface area (TPSA) is 49.7 Å². The zero-order chi connectivity index (χ0) is 14.8. The molecule has 4 heteroatoms. The minimum Gasteiger partial charge on any atom is -0.504 e. The van der Waals surface area contributed by atoms with Gasteiger partial charge in [-0.1, -0.05) is 12.1 Å². The van der Waals surface area contributed by atoms with Gasteiger partial charge in [-0.25, -0.2) is 0 Å². The number of phenols is 2. The van der Waals surface area contributed by atoms with Gasteiger partial charge in [-0.15, -0.1) is 0 Å². The number of rotatable bonds is 3. The summed E-state index contributed by atoms with van der Waals surface area (Å²) in [5.74, 6) is 0.724. The zero-order valence-corrected chi connectivity index (χ0v) is 12.2. The van der Waals surface area contributed by atoms with Crippen molar-refractivity contribution in [1.82, 2.24) is 0 Å². The van der Waals surface area contributed by atoms with Crippen molar-refractivity contribution in [3.05, 3.63) is 58.8 Å². The lowest BCUT2D eigenvalue weighted by Gasteiger charge is -2.10. The van der Waals surface area contributed by atoms with Crippen molar-refractivity contribution in [1.29, 1.82) is 0 Å². The summed E-state index contributed by atoms with van der Waals surface area (Å²) in [5.41, 5.74) is 2.92. The third-order valence-corrected chi connectivity index (χ3v) is 3.83. The van der Waals surface area contributed by atoms with Crippen LogP contribution in [0.4, 0.5) is 0 Å². The lowest BCUT2D eigenvalue weighted by molar-refractivity contribution is 0.385. The molecule has 0 aliphatic rings. The lowest BCUT2D eigenvalue weighted by Crippen LogP contribution is -1.87. The van der Waals surface area contributed by atoms with Crippen LogP contribution in [0.3, 0.4) is 0 Å². The number of hydrogen-bond donors (Lipinski definition) is 2. The first-order valence-corrected chi connectivity index (χ1v) is 7.41. The number of hydrogen-bond acceptors (Lipinski definition) is 4. The van der Waals surface area contributed by atoms with E-state index in [4.69, 9.17) is 4.74 Å². The Kier molecular flexibility index (Phi) is 3.54. The lowest BCUT2D eigenvalue weighted by atomic mass is 10.1. The fourth-order valence-electron chi connectivity index (χ4n) is 2.04. The molecule has 3 aromatic rings. The van der Waals surface area contributed by atoms with Gasteiger partial charge in [0, 0.05) is 0 Å². The number of thiophene rings is 1. The fraction of sp³-hybridized carbons (Fsp3) is 0.0588. The van der Waals surface area contributed by atoms with Crippen LogP contribution in [-0.2, 0) is 0 Å². The molecule has 3 nitrogen and oxygen atoms in total. The molecule has 106 valence electrons. The van der Waals surface area contributed by atoms with Crippen molar-refractivity contribution in [3.63, 3.8) is 0 Å². The van der Waals surface area contributed by atoms with Gasteiger partial charge in [0.1, 0.15) is 0 Å². The zero-order valence-electron chi connectivity index (χ0n) is 11.4. The van der Waals surface area contributed by atoms with E-state index in [1.807, 2.05) is 35.9 Å². The highest BCUT2D eigenvalue weighted by molar-refractivity contribution is 7.08. The van der Waals surface area contributed by atoms with E-state index in [1.165, 1.54) is 0 Å². The number of benzene rings is 2. The van der Waals surface area contributed by atoms with E-state index >= 15 is 0 Å². The Balaban J connectivity index is 1.89. The van der Waals surface area contributed by atoms with Gasteiger partial charge >= 0.3 is 0 Å². The van der Waals surface area contributed by atoms with Crippen LogP contribution in [-0.4, -0.2) is 10.2 Å². The second-order valence-electron chi connectivity index (χ2n) is 4.77. The maximum atomic E-state index is 10.1. The Morgan fingerprint density at radius 2 is 1.57 bits per heavy atom. The molecule has 21 heavy (non-hydrogen) atoms. The maximum absolute atomic E-state index is 10.1. The van der Waals surface area contributed by atoms with E-state index in [0.717, 1.165) is 16.7 Å². The maximum Gasteiger partial charge on any atom is 0.169 e. The minimum atomic E-state index is 0.0404. The molecule has 0 aliphatic carbocycles. The van der Waals surface area contributed by atoms with E-state index in [1.54, 1.807) is 35.6 Å². The van der Waals surface area contributed by atoms with Crippen LogP contribution >= 0.6 is 11.3 Å². The van der Waals surface area contributed by atoms with Crippen LogP contribution in [0.1, 0.15) is 5.56 Å². The summed E-state index contributed by atoms with van der Waals surface area (Å²) >= 11 is 1.60. The van der Waals surface area contributed by atoms with Gasteiger partial charge in [-0.3, -0.25) is 0 Å². The average Bonchev–Trinajstić information content (AvgIpc) is 2.98. The predicted molar refractivity (Wildman–Crippen MR) is 84.3 cm³/mol. The van der Waals surface area contributed by atoms with Crippen LogP contribution < -0.4 is 4.74 Å². The molecule has 0 saturated carbocycles. The third-order valence-electron chi connectivity index (χ3n) is 3.15. The van der Waals surface area contributed by atoms with Crippen molar-refractivity contribution in [2.75, 3.05) is 0 Å². The second kappa shape index (κ2) is 5.50. The summed E-state index contributed by atoms with van der Waals surface area (Å²) in [6.45, 7) is 1.89. The van der Waals surface area contributed by atoms with Crippen LogP contribution in [0.5, 0.6) is 23.0 Å². The molecule has 0 bridgehead atoms. The quantitative estimate of drug-likeness (QED) is 0.721. The summed E-state index contributed by atoms with van der Waals surface area (Å²) in [6.07, 6.45) is 0. The van der Waals surface area contributed by atoms with Gasteiger partial charge in [0.05, 0.1) is 0 Å². The highest BCUT2D eigenvalue weighted by atomic mass is 32.1. The molecule has 0 spiro atoms. The van der Waals surface area contributed by atoms with Crippen molar-refractivity contribution in [3.8, 4) is 34.1 Å². The van der Waals surface area contributed by atoms with Gasteiger partial charge in [-0.2, -0.15) is 11.3 Å². The molecule has 0 aliphatic heterocycles. The van der Waals surface area contributed by atoms with Crippen LogP contribution in [0.25, 0.3) is 11.1 Å². The second-order valence-corrected chi connectivity index (χ2v) is 5.55. The van der Waals surface area contributed by atoms with Gasteiger partial charge in [0.2, 0.25) is 0 Å². The molecule has 0 atom stereocenters. The first-order valence-electron chi connectivity index (χ1n) is 6.46. The monoisotopic (exact) mass is 298 g/mol. The van der Waals surface area contributed by atoms with Gasteiger partial charge in [0.15, 0.2) is 23.0 Å².